The van der Waals surface area contributed by atoms with E-state index >= 15 is 0 Å². The first-order chi connectivity index (χ1) is 9.58. The minimum atomic E-state index is -1.17. The molecule has 1 aliphatic heterocycles. The average Bonchev–Trinajstić information content (AvgIpc) is 2.46. The zero-order valence-electron chi connectivity index (χ0n) is 11.5. The first-order valence-corrected chi connectivity index (χ1v) is 7.92. The zero-order chi connectivity index (χ0) is 14.5. The van der Waals surface area contributed by atoms with E-state index in [-0.39, 0.29) is 5.56 Å². The van der Waals surface area contributed by atoms with Gasteiger partial charge in [-0.05, 0) is 24.6 Å². The Kier molecular flexibility index (Phi) is 5.28. The molecule has 1 fully saturated rings. The summed E-state index contributed by atoms with van der Waals surface area (Å²) in [5, 5.41) is 9.08. The van der Waals surface area contributed by atoms with Crippen LogP contribution in [0.2, 0.25) is 0 Å². The summed E-state index contributed by atoms with van der Waals surface area (Å²) in [6.45, 7) is 5.66. The predicted octanol–water partition coefficient (Wildman–Crippen LogP) is 1.13. The maximum absolute atomic E-state index is 12.2. The van der Waals surface area contributed by atoms with Crippen molar-refractivity contribution in [3.8, 4) is 0 Å². The molecular formula is C14H19NO4S. The van der Waals surface area contributed by atoms with E-state index in [0.29, 0.717) is 16.2 Å². The van der Waals surface area contributed by atoms with Crippen molar-refractivity contribution in [2.45, 2.75) is 11.8 Å². The summed E-state index contributed by atoms with van der Waals surface area (Å²) in [7, 11) is -1.17. The SMILES string of the molecule is Cc1ccc(S(=O)CCN2CCOCC2)cc1C(=O)O. The molecule has 0 radical (unpaired) electrons. The highest BCUT2D eigenvalue weighted by atomic mass is 32.2. The van der Waals surface area contributed by atoms with Crippen LogP contribution in [0.15, 0.2) is 23.1 Å². The van der Waals surface area contributed by atoms with Gasteiger partial charge in [0.1, 0.15) is 0 Å². The fourth-order valence-electron chi connectivity index (χ4n) is 2.13. The summed E-state index contributed by atoms with van der Waals surface area (Å²) in [5.74, 6) is -0.461. The quantitative estimate of drug-likeness (QED) is 0.882. The molecule has 0 bridgehead atoms. The normalized spacial score (nSPS) is 17.9. The lowest BCUT2D eigenvalue weighted by atomic mass is 10.1. The van der Waals surface area contributed by atoms with Gasteiger partial charge in [0.15, 0.2) is 0 Å². The fraction of sp³-hybridized carbons (Fsp3) is 0.500. The lowest BCUT2D eigenvalue weighted by molar-refractivity contribution is 0.0409. The molecule has 6 heteroatoms. The summed E-state index contributed by atoms with van der Waals surface area (Å²) in [4.78, 5) is 13.9. The van der Waals surface area contributed by atoms with E-state index in [1.807, 2.05) is 0 Å². The molecule has 1 atom stereocenters. The van der Waals surface area contributed by atoms with Crippen molar-refractivity contribution in [1.29, 1.82) is 0 Å². The number of morpholine rings is 1. The molecule has 0 amide bonds. The molecule has 1 aromatic carbocycles. The highest BCUT2D eigenvalue weighted by molar-refractivity contribution is 7.85. The van der Waals surface area contributed by atoms with E-state index in [1.165, 1.54) is 6.07 Å². The largest absolute Gasteiger partial charge is 0.478 e. The lowest BCUT2D eigenvalue weighted by Crippen LogP contribution is -2.38. The Morgan fingerprint density at radius 3 is 2.75 bits per heavy atom. The molecule has 0 aromatic heterocycles. The number of hydrogen-bond donors (Lipinski definition) is 1. The first kappa shape index (κ1) is 15.2. The predicted molar refractivity (Wildman–Crippen MR) is 76.7 cm³/mol. The summed E-state index contributed by atoms with van der Waals surface area (Å²) < 4.78 is 17.5. The van der Waals surface area contributed by atoms with Gasteiger partial charge in [0.25, 0.3) is 0 Å². The first-order valence-electron chi connectivity index (χ1n) is 6.60. The molecule has 2 rings (SSSR count). The van der Waals surface area contributed by atoms with Gasteiger partial charge in [0.2, 0.25) is 0 Å². The van der Waals surface area contributed by atoms with Crippen molar-refractivity contribution in [1.82, 2.24) is 4.90 Å². The van der Waals surface area contributed by atoms with Crippen LogP contribution >= 0.6 is 0 Å². The molecule has 110 valence electrons. The third-order valence-electron chi connectivity index (χ3n) is 3.40. The summed E-state index contributed by atoms with van der Waals surface area (Å²) >= 11 is 0. The van der Waals surface area contributed by atoms with Crippen LogP contribution in [0.5, 0.6) is 0 Å². The molecule has 1 heterocycles. The van der Waals surface area contributed by atoms with Gasteiger partial charge in [-0.3, -0.25) is 9.11 Å². The standard InChI is InChI=1S/C14H19NO4S/c1-11-2-3-12(10-13(11)14(16)17)20(18)9-6-15-4-7-19-8-5-15/h2-3,10H,4-9H2,1H3,(H,16,17). The molecule has 5 nitrogen and oxygen atoms in total. The molecule has 20 heavy (non-hydrogen) atoms. The van der Waals surface area contributed by atoms with Crippen molar-refractivity contribution < 1.29 is 18.8 Å². The maximum Gasteiger partial charge on any atom is 0.335 e. The lowest BCUT2D eigenvalue weighted by Gasteiger charge is -2.26. The van der Waals surface area contributed by atoms with Gasteiger partial charge in [-0.2, -0.15) is 0 Å². The van der Waals surface area contributed by atoms with Crippen molar-refractivity contribution in [3.63, 3.8) is 0 Å². The van der Waals surface area contributed by atoms with Gasteiger partial charge in [-0.15, -0.1) is 0 Å². The van der Waals surface area contributed by atoms with Crippen molar-refractivity contribution in [2.75, 3.05) is 38.6 Å². The minimum Gasteiger partial charge on any atom is -0.478 e. The number of aromatic carboxylic acids is 1. The Bertz CT molecular complexity index is 512. The van der Waals surface area contributed by atoms with Crippen molar-refractivity contribution in [3.05, 3.63) is 29.3 Å². The second-order valence-electron chi connectivity index (χ2n) is 4.79. The van der Waals surface area contributed by atoms with Gasteiger partial charge >= 0.3 is 5.97 Å². The molecule has 0 aliphatic carbocycles. The molecule has 1 unspecified atom stereocenters. The van der Waals surface area contributed by atoms with Gasteiger partial charge in [0.05, 0.1) is 29.6 Å². The fourth-order valence-corrected chi connectivity index (χ4v) is 3.26. The minimum absolute atomic E-state index is 0.224. The Balaban J connectivity index is 1.98. The number of carbonyl (C=O) groups is 1. The van der Waals surface area contributed by atoms with E-state index in [1.54, 1.807) is 19.1 Å². The van der Waals surface area contributed by atoms with Crippen LogP contribution in [0.1, 0.15) is 15.9 Å². The van der Waals surface area contributed by atoms with Crippen LogP contribution < -0.4 is 0 Å². The topological polar surface area (TPSA) is 66.8 Å². The molecular weight excluding hydrogens is 278 g/mol. The van der Waals surface area contributed by atoms with Crippen LogP contribution in [0, 0.1) is 6.92 Å². The molecule has 1 aliphatic rings. The molecule has 0 spiro atoms. The van der Waals surface area contributed by atoms with Crippen LogP contribution in [0.3, 0.4) is 0 Å². The third kappa shape index (κ3) is 3.88. The Labute approximate surface area is 121 Å². The molecule has 0 saturated carbocycles. The molecule has 1 aromatic rings. The number of carboxylic acids is 1. The highest BCUT2D eigenvalue weighted by Gasteiger charge is 2.14. The summed E-state index contributed by atoms with van der Waals surface area (Å²) in [6.07, 6.45) is 0. The van der Waals surface area contributed by atoms with E-state index in [2.05, 4.69) is 4.90 Å². The summed E-state index contributed by atoms with van der Waals surface area (Å²) in [5.41, 5.74) is 0.911. The molecule has 1 N–H and O–H groups in total. The number of hydrogen-bond acceptors (Lipinski definition) is 4. The van der Waals surface area contributed by atoms with Crippen molar-refractivity contribution in [2.24, 2.45) is 0 Å². The number of aryl methyl sites for hydroxylation is 1. The smallest absolute Gasteiger partial charge is 0.335 e. The second-order valence-corrected chi connectivity index (χ2v) is 6.36. The van der Waals surface area contributed by atoms with Crippen LogP contribution in [0.4, 0.5) is 0 Å². The van der Waals surface area contributed by atoms with Crippen LogP contribution in [-0.2, 0) is 15.5 Å². The number of benzene rings is 1. The second kappa shape index (κ2) is 6.97. The van der Waals surface area contributed by atoms with Gasteiger partial charge < -0.3 is 9.84 Å². The zero-order valence-corrected chi connectivity index (χ0v) is 12.3. The summed E-state index contributed by atoms with van der Waals surface area (Å²) in [6, 6.07) is 4.98. The van der Waals surface area contributed by atoms with Crippen LogP contribution in [-0.4, -0.2) is 58.8 Å². The number of carboxylic acid groups (broad SMARTS) is 1. The third-order valence-corrected chi connectivity index (χ3v) is 4.73. The number of rotatable bonds is 5. The number of ether oxygens (including phenoxy) is 1. The van der Waals surface area contributed by atoms with Crippen LogP contribution in [0.25, 0.3) is 0 Å². The van der Waals surface area contributed by atoms with Gasteiger partial charge in [-0.25, -0.2) is 4.79 Å². The van der Waals surface area contributed by atoms with E-state index in [0.717, 1.165) is 32.8 Å². The average molecular weight is 297 g/mol. The van der Waals surface area contributed by atoms with E-state index < -0.39 is 16.8 Å². The monoisotopic (exact) mass is 297 g/mol. The van der Waals surface area contributed by atoms with E-state index in [9.17, 15) is 9.00 Å². The van der Waals surface area contributed by atoms with E-state index in [4.69, 9.17) is 9.84 Å². The van der Waals surface area contributed by atoms with Gasteiger partial charge in [-0.1, -0.05) is 6.07 Å². The Morgan fingerprint density at radius 2 is 2.10 bits per heavy atom. The maximum atomic E-state index is 12.2. The van der Waals surface area contributed by atoms with Gasteiger partial charge in [0, 0.05) is 30.3 Å². The Morgan fingerprint density at radius 1 is 1.40 bits per heavy atom. The number of nitrogens with zero attached hydrogens (tertiary/aromatic N) is 1. The Hall–Kier alpha value is -1.24. The molecule has 1 saturated heterocycles. The highest BCUT2D eigenvalue weighted by Crippen LogP contribution is 2.15. The van der Waals surface area contributed by atoms with Crippen molar-refractivity contribution >= 4 is 16.8 Å².